The van der Waals surface area contributed by atoms with Crippen LogP contribution in [0.15, 0.2) is 78.9 Å². The van der Waals surface area contributed by atoms with Crippen molar-refractivity contribution in [1.82, 2.24) is 9.80 Å². The van der Waals surface area contributed by atoms with Crippen LogP contribution in [0, 0.1) is 6.57 Å². The molecule has 0 saturated carbocycles. The summed E-state index contributed by atoms with van der Waals surface area (Å²) < 4.78 is 67.6. The minimum absolute atomic E-state index is 0.000616. The highest BCUT2D eigenvalue weighted by atomic mass is 35.5. The molecule has 1 heterocycles. The smallest absolute Gasteiger partial charge is 0.344 e. The zero-order chi connectivity index (χ0) is 29.8. The first-order valence-corrected chi connectivity index (χ1v) is 13.5. The van der Waals surface area contributed by atoms with Gasteiger partial charge in [-0.15, -0.1) is 0 Å². The molecule has 216 valence electrons. The second-order valence-corrected chi connectivity index (χ2v) is 10.8. The molecule has 1 fully saturated rings. The van der Waals surface area contributed by atoms with Gasteiger partial charge < -0.3 is 9.74 Å². The Labute approximate surface area is 241 Å². The predicted molar refractivity (Wildman–Crippen MR) is 147 cm³/mol. The van der Waals surface area contributed by atoms with E-state index in [0.29, 0.717) is 32.0 Å². The van der Waals surface area contributed by atoms with Crippen molar-refractivity contribution in [3.8, 4) is 0 Å². The van der Waals surface area contributed by atoms with E-state index in [9.17, 15) is 26.7 Å². The Morgan fingerprint density at radius 2 is 1.54 bits per heavy atom. The maximum absolute atomic E-state index is 13.8. The van der Waals surface area contributed by atoms with Crippen LogP contribution in [-0.4, -0.2) is 42.4 Å². The van der Waals surface area contributed by atoms with E-state index in [4.69, 9.17) is 18.2 Å². The number of amides is 1. The zero-order valence-corrected chi connectivity index (χ0v) is 23.1. The summed E-state index contributed by atoms with van der Waals surface area (Å²) in [6.07, 6.45) is -3.86. The van der Waals surface area contributed by atoms with Gasteiger partial charge in [0.25, 0.3) is 5.54 Å². The van der Waals surface area contributed by atoms with E-state index in [1.807, 2.05) is 65.6 Å². The van der Waals surface area contributed by atoms with Gasteiger partial charge in [0.15, 0.2) is 0 Å². The van der Waals surface area contributed by atoms with Crippen molar-refractivity contribution in [1.29, 1.82) is 0 Å². The summed E-state index contributed by atoms with van der Waals surface area (Å²) in [5, 5.41) is -3.97. The highest BCUT2D eigenvalue weighted by Crippen LogP contribution is 2.40. The highest BCUT2D eigenvalue weighted by molar-refractivity contribution is 6.21. The second-order valence-electron chi connectivity index (χ2n) is 10.3. The molecule has 0 spiro atoms. The maximum atomic E-state index is 13.8. The standard InChI is InChI=1S/C31H29ClF5N3O/c1-38-29(24-11-7-4-8-12-24)14-17-40(18-15-29)27(23-9-5-3-6-10-23)28(41)39(2)16-13-22-19-25(30(32,33)34)21-26(20-22)31(35,36)37/h3-12,19-21,27H,13-18H2,2H3. The van der Waals surface area contributed by atoms with Gasteiger partial charge in [0, 0.05) is 50.7 Å². The second kappa shape index (κ2) is 12.2. The Kier molecular flexibility index (Phi) is 9.05. The van der Waals surface area contributed by atoms with Gasteiger partial charge in [-0.3, -0.25) is 9.69 Å². The number of carbonyl (C=O) groups excluding carboxylic acids is 1. The molecule has 4 nitrogen and oxygen atoms in total. The van der Waals surface area contributed by atoms with Crippen LogP contribution in [0.4, 0.5) is 22.0 Å². The van der Waals surface area contributed by atoms with Gasteiger partial charge in [-0.1, -0.05) is 60.7 Å². The van der Waals surface area contributed by atoms with E-state index < -0.39 is 34.3 Å². The number of piperidine rings is 1. The third-order valence-electron chi connectivity index (χ3n) is 7.62. The lowest BCUT2D eigenvalue weighted by Crippen LogP contribution is -2.48. The molecule has 1 amide bonds. The molecule has 1 unspecified atom stereocenters. The number of hydrogen-bond donors (Lipinski definition) is 0. The lowest BCUT2D eigenvalue weighted by molar-refractivity contribution is -0.138. The Morgan fingerprint density at radius 1 is 0.976 bits per heavy atom. The zero-order valence-electron chi connectivity index (χ0n) is 22.3. The number of likely N-dealkylation sites (N-methyl/N-ethyl adjacent to an activating group) is 1. The summed E-state index contributed by atoms with van der Waals surface area (Å²) in [5.74, 6) is -0.277. The summed E-state index contributed by atoms with van der Waals surface area (Å²) in [6.45, 7) is 8.89. The minimum Gasteiger partial charge on any atom is -0.344 e. The summed E-state index contributed by atoms with van der Waals surface area (Å²) in [4.78, 5) is 21.2. The van der Waals surface area contributed by atoms with Gasteiger partial charge in [-0.05, 0) is 47.3 Å². The van der Waals surface area contributed by atoms with Crippen LogP contribution in [-0.2, 0) is 28.3 Å². The number of alkyl halides is 6. The molecule has 3 aromatic rings. The topological polar surface area (TPSA) is 27.9 Å². The largest absolute Gasteiger partial charge is 0.416 e. The average Bonchev–Trinajstić information content (AvgIpc) is 2.96. The normalized spacial score (nSPS) is 16.5. The molecule has 0 aromatic heterocycles. The highest BCUT2D eigenvalue weighted by Gasteiger charge is 2.45. The molecule has 3 aromatic carbocycles. The molecule has 0 radical (unpaired) electrons. The molecule has 1 saturated heterocycles. The quantitative estimate of drug-likeness (QED) is 0.153. The molecular weight excluding hydrogens is 561 g/mol. The summed E-state index contributed by atoms with van der Waals surface area (Å²) >= 11 is 5.04. The van der Waals surface area contributed by atoms with E-state index in [-0.39, 0.29) is 24.4 Å². The minimum atomic E-state index is -4.83. The maximum Gasteiger partial charge on any atom is 0.416 e. The molecule has 0 bridgehead atoms. The first kappa shape index (κ1) is 30.5. The number of nitrogens with zero attached hydrogens (tertiary/aromatic N) is 3. The number of benzene rings is 3. The van der Waals surface area contributed by atoms with Crippen molar-refractivity contribution in [3.05, 3.63) is 118 Å². The molecule has 1 aliphatic rings. The van der Waals surface area contributed by atoms with Crippen LogP contribution >= 0.6 is 11.6 Å². The van der Waals surface area contributed by atoms with Crippen LogP contribution in [0.2, 0.25) is 0 Å². The molecule has 1 atom stereocenters. The fourth-order valence-electron chi connectivity index (χ4n) is 5.29. The van der Waals surface area contributed by atoms with Crippen molar-refractivity contribution in [2.45, 2.75) is 42.4 Å². The van der Waals surface area contributed by atoms with Gasteiger partial charge in [0.1, 0.15) is 6.04 Å². The number of carbonyl (C=O) groups is 1. The summed E-state index contributed by atoms with van der Waals surface area (Å²) in [6, 6.07) is 20.2. The van der Waals surface area contributed by atoms with Gasteiger partial charge in [0.2, 0.25) is 5.91 Å². The van der Waals surface area contributed by atoms with Crippen LogP contribution in [0.25, 0.3) is 4.85 Å². The third-order valence-corrected chi connectivity index (χ3v) is 7.84. The average molecular weight is 590 g/mol. The van der Waals surface area contributed by atoms with Gasteiger partial charge in [0.05, 0.1) is 5.56 Å². The van der Waals surface area contributed by atoms with Crippen LogP contribution in [0.5, 0.6) is 0 Å². The molecule has 1 aliphatic heterocycles. The number of halogens is 6. The Bertz CT molecular complexity index is 1350. The van der Waals surface area contributed by atoms with Crippen LogP contribution in [0.3, 0.4) is 0 Å². The Hall–Kier alpha value is -3.48. The SMILES string of the molecule is [C-]#[N+]C1(c2ccccc2)CCN(C(C(=O)N(C)CCc2cc(C(F)(F)F)cc(C(F)(F)Cl)c2)c2ccccc2)CC1. The predicted octanol–water partition coefficient (Wildman–Crippen LogP) is 7.65. The van der Waals surface area contributed by atoms with Crippen molar-refractivity contribution >= 4 is 17.5 Å². The molecule has 41 heavy (non-hydrogen) atoms. The number of hydrogen-bond acceptors (Lipinski definition) is 2. The lowest BCUT2D eigenvalue weighted by atomic mass is 9.81. The molecule has 4 rings (SSSR count). The molecule has 0 N–H and O–H groups in total. The van der Waals surface area contributed by atoms with Crippen molar-refractivity contribution < 1.29 is 26.7 Å². The van der Waals surface area contributed by atoms with Gasteiger partial charge in [-0.2, -0.15) is 22.0 Å². The summed E-state index contributed by atoms with van der Waals surface area (Å²) in [5.41, 5.74) is -1.17. The Morgan fingerprint density at radius 3 is 2.07 bits per heavy atom. The van der Waals surface area contributed by atoms with Crippen molar-refractivity contribution in [3.63, 3.8) is 0 Å². The first-order chi connectivity index (χ1) is 19.3. The van der Waals surface area contributed by atoms with E-state index >= 15 is 0 Å². The monoisotopic (exact) mass is 589 g/mol. The first-order valence-electron chi connectivity index (χ1n) is 13.1. The van der Waals surface area contributed by atoms with Crippen molar-refractivity contribution in [2.75, 3.05) is 26.7 Å². The van der Waals surface area contributed by atoms with Crippen LogP contribution < -0.4 is 0 Å². The molecule has 0 aliphatic carbocycles. The van der Waals surface area contributed by atoms with E-state index in [1.165, 1.54) is 4.90 Å². The molecular formula is C31H29ClF5N3O. The third kappa shape index (κ3) is 7.06. The Balaban J connectivity index is 1.54. The molecule has 10 heteroatoms. The van der Waals surface area contributed by atoms with Crippen LogP contribution in [0.1, 0.15) is 46.7 Å². The number of rotatable bonds is 8. The van der Waals surface area contributed by atoms with Crippen molar-refractivity contribution in [2.24, 2.45) is 0 Å². The fourth-order valence-corrected chi connectivity index (χ4v) is 5.40. The van der Waals surface area contributed by atoms with E-state index in [2.05, 4.69) is 4.85 Å². The van der Waals surface area contributed by atoms with E-state index in [0.717, 1.165) is 23.3 Å². The van der Waals surface area contributed by atoms with Gasteiger partial charge >= 0.3 is 11.6 Å². The summed E-state index contributed by atoms with van der Waals surface area (Å²) in [7, 11) is 1.54. The number of likely N-dealkylation sites (tertiary alicyclic amines) is 1. The van der Waals surface area contributed by atoms with E-state index in [1.54, 1.807) is 7.05 Å². The fraction of sp³-hybridized carbons (Fsp3) is 0.355. The van der Waals surface area contributed by atoms with Gasteiger partial charge in [-0.25, -0.2) is 6.57 Å². The lowest BCUT2D eigenvalue weighted by Gasteiger charge is -2.39.